The molecule has 0 aliphatic heterocycles. The predicted octanol–water partition coefficient (Wildman–Crippen LogP) is 0.737. The quantitative estimate of drug-likeness (QED) is 0.788. The maximum atomic E-state index is 12.1. The number of hydrogen-bond acceptors (Lipinski definition) is 6. The standard InChI is InChI=1S/C10H12F3N3O3/c1-18-8(17)3-5-2-7(19-10(11,12)13)16-6(4-14)9(5)15/h2H,3-4,14-15H2,1H3. The van der Waals surface area contributed by atoms with Crippen LogP contribution in [0.3, 0.4) is 0 Å². The van der Waals surface area contributed by atoms with Gasteiger partial charge in [-0.1, -0.05) is 0 Å². The summed E-state index contributed by atoms with van der Waals surface area (Å²) in [4.78, 5) is 14.7. The van der Waals surface area contributed by atoms with Crippen molar-refractivity contribution in [3.05, 3.63) is 17.3 Å². The van der Waals surface area contributed by atoms with Crippen molar-refractivity contribution >= 4 is 11.7 Å². The Morgan fingerprint density at radius 2 is 2.11 bits per heavy atom. The van der Waals surface area contributed by atoms with Gasteiger partial charge in [-0.3, -0.25) is 4.79 Å². The highest BCUT2D eigenvalue weighted by Crippen LogP contribution is 2.26. The van der Waals surface area contributed by atoms with Crippen LogP contribution >= 0.6 is 0 Å². The summed E-state index contributed by atoms with van der Waals surface area (Å²) < 4.78 is 44.5. The van der Waals surface area contributed by atoms with E-state index in [4.69, 9.17) is 11.5 Å². The number of hydrogen-bond donors (Lipinski definition) is 2. The highest BCUT2D eigenvalue weighted by atomic mass is 19.4. The van der Waals surface area contributed by atoms with Crippen LogP contribution in [-0.2, 0) is 22.5 Å². The summed E-state index contributed by atoms with van der Waals surface area (Å²) in [6, 6.07) is 0.929. The number of methoxy groups -OCH3 is 1. The molecule has 9 heteroatoms. The third-order valence-corrected chi connectivity index (χ3v) is 2.18. The SMILES string of the molecule is COC(=O)Cc1cc(OC(F)(F)F)nc(CN)c1N. The number of nitrogen functional groups attached to an aromatic ring is 1. The molecule has 6 nitrogen and oxygen atoms in total. The number of pyridine rings is 1. The van der Waals surface area contributed by atoms with Crippen LogP contribution in [0.25, 0.3) is 0 Å². The number of ether oxygens (including phenoxy) is 2. The van der Waals surface area contributed by atoms with Crippen LogP contribution in [0.5, 0.6) is 5.88 Å². The predicted molar refractivity (Wildman–Crippen MR) is 58.9 cm³/mol. The first-order valence-corrected chi connectivity index (χ1v) is 5.07. The number of nitrogens with zero attached hydrogens (tertiary/aromatic N) is 1. The van der Waals surface area contributed by atoms with E-state index >= 15 is 0 Å². The lowest BCUT2D eigenvalue weighted by atomic mass is 10.1. The summed E-state index contributed by atoms with van der Waals surface area (Å²) in [7, 11) is 1.15. The first kappa shape index (κ1) is 15.0. The molecule has 0 saturated carbocycles. The molecule has 1 aromatic heterocycles. The van der Waals surface area contributed by atoms with Gasteiger partial charge in [-0.25, -0.2) is 4.98 Å². The first-order chi connectivity index (χ1) is 8.76. The van der Waals surface area contributed by atoms with Gasteiger partial charge in [0.15, 0.2) is 0 Å². The van der Waals surface area contributed by atoms with Crippen molar-refractivity contribution < 1.29 is 27.4 Å². The van der Waals surface area contributed by atoms with E-state index in [1.807, 2.05) is 0 Å². The molecule has 1 heterocycles. The number of nitrogens with two attached hydrogens (primary N) is 2. The smallest absolute Gasteiger partial charge is 0.469 e. The summed E-state index contributed by atoms with van der Waals surface area (Å²) in [6.07, 6.45) is -5.19. The maximum Gasteiger partial charge on any atom is 0.574 e. The minimum Gasteiger partial charge on any atom is -0.469 e. The number of carbonyl (C=O) groups excluding carboxylic acids is 1. The molecule has 0 amide bonds. The summed E-state index contributed by atoms with van der Waals surface area (Å²) in [6.45, 7) is -0.185. The lowest BCUT2D eigenvalue weighted by Crippen LogP contribution is -2.20. The van der Waals surface area contributed by atoms with Crippen molar-refractivity contribution in [1.29, 1.82) is 0 Å². The normalized spacial score (nSPS) is 11.2. The van der Waals surface area contributed by atoms with Gasteiger partial charge in [0.05, 0.1) is 24.9 Å². The third kappa shape index (κ3) is 4.28. The molecule has 0 unspecified atom stereocenters. The second-order valence-electron chi connectivity index (χ2n) is 3.48. The number of carbonyl (C=O) groups is 1. The highest BCUT2D eigenvalue weighted by molar-refractivity contribution is 5.75. The summed E-state index contributed by atoms with van der Waals surface area (Å²) in [5, 5.41) is 0. The molecule has 0 aliphatic carbocycles. The van der Waals surface area contributed by atoms with Crippen molar-refractivity contribution in [1.82, 2.24) is 4.98 Å². The lowest BCUT2D eigenvalue weighted by molar-refractivity contribution is -0.276. The molecule has 0 radical (unpaired) electrons. The monoisotopic (exact) mass is 279 g/mol. The fraction of sp³-hybridized carbons (Fsp3) is 0.400. The molecule has 0 aliphatic rings. The molecule has 4 N–H and O–H groups in total. The Morgan fingerprint density at radius 1 is 1.47 bits per heavy atom. The van der Waals surface area contributed by atoms with Crippen LogP contribution in [-0.4, -0.2) is 24.4 Å². The molecule has 106 valence electrons. The van der Waals surface area contributed by atoms with E-state index < -0.39 is 18.2 Å². The molecule has 1 aromatic rings. The van der Waals surface area contributed by atoms with Gasteiger partial charge in [-0.2, -0.15) is 0 Å². The minimum absolute atomic E-state index is 0.0145. The largest absolute Gasteiger partial charge is 0.574 e. The van der Waals surface area contributed by atoms with E-state index in [0.29, 0.717) is 0 Å². The van der Waals surface area contributed by atoms with Crippen LogP contribution < -0.4 is 16.2 Å². The zero-order valence-corrected chi connectivity index (χ0v) is 9.95. The molecular weight excluding hydrogens is 267 g/mol. The fourth-order valence-electron chi connectivity index (χ4n) is 1.34. The van der Waals surface area contributed by atoms with E-state index in [9.17, 15) is 18.0 Å². The van der Waals surface area contributed by atoms with Crippen molar-refractivity contribution in [2.75, 3.05) is 12.8 Å². The summed E-state index contributed by atoms with van der Waals surface area (Å²) >= 11 is 0. The molecular formula is C10H12F3N3O3. The number of anilines is 1. The van der Waals surface area contributed by atoms with Gasteiger partial charge < -0.3 is 20.9 Å². The van der Waals surface area contributed by atoms with Gasteiger partial charge in [0.1, 0.15) is 0 Å². The zero-order valence-electron chi connectivity index (χ0n) is 9.95. The number of esters is 1. The molecule has 0 saturated heterocycles. The Hall–Kier alpha value is -2.03. The molecule has 0 fully saturated rings. The van der Waals surface area contributed by atoms with Gasteiger partial charge in [-0.15, -0.1) is 13.2 Å². The Kier molecular flexibility index (Phi) is 4.54. The maximum absolute atomic E-state index is 12.1. The van der Waals surface area contributed by atoms with Gasteiger partial charge in [0, 0.05) is 12.6 Å². The Bertz CT molecular complexity index is 477. The number of halogens is 3. The average Bonchev–Trinajstić information content (AvgIpc) is 2.30. The van der Waals surface area contributed by atoms with Crippen LogP contribution in [0, 0.1) is 0 Å². The molecule has 1 rings (SSSR count). The minimum atomic E-state index is -4.89. The molecule has 0 bridgehead atoms. The van der Waals surface area contributed by atoms with E-state index in [-0.39, 0.29) is 29.9 Å². The number of rotatable bonds is 4. The average molecular weight is 279 g/mol. The topological polar surface area (TPSA) is 100 Å². The number of alkyl halides is 3. The second-order valence-corrected chi connectivity index (χ2v) is 3.48. The van der Waals surface area contributed by atoms with Gasteiger partial charge in [0.2, 0.25) is 5.88 Å². The Labute approximate surface area is 106 Å². The van der Waals surface area contributed by atoms with Gasteiger partial charge >= 0.3 is 12.3 Å². The van der Waals surface area contributed by atoms with E-state index in [1.54, 1.807) is 0 Å². The summed E-state index contributed by atoms with van der Waals surface area (Å²) in [5.41, 5.74) is 11.1. The van der Waals surface area contributed by atoms with Crippen LogP contribution in [0.2, 0.25) is 0 Å². The Morgan fingerprint density at radius 3 is 2.58 bits per heavy atom. The molecule has 0 atom stereocenters. The highest BCUT2D eigenvalue weighted by Gasteiger charge is 2.32. The fourth-order valence-corrected chi connectivity index (χ4v) is 1.34. The van der Waals surface area contributed by atoms with Crippen molar-refractivity contribution in [3.63, 3.8) is 0 Å². The lowest BCUT2D eigenvalue weighted by Gasteiger charge is -2.13. The molecule has 0 spiro atoms. The van der Waals surface area contributed by atoms with Crippen LogP contribution in [0.15, 0.2) is 6.07 Å². The van der Waals surface area contributed by atoms with Crippen LogP contribution in [0.1, 0.15) is 11.3 Å². The summed E-state index contributed by atoms with van der Waals surface area (Å²) in [5.74, 6) is -1.38. The van der Waals surface area contributed by atoms with Crippen molar-refractivity contribution in [2.24, 2.45) is 5.73 Å². The zero-order chi connectivity index (χ0) is 14.6. The second kappa shape index (κ2) is 5.74. The van der Waals surface area contributed by atoms with E-state index in [1.165, 1.54) is 0 Å². The van der Waals surface area contributed by atoms with Crippen molar-refractivity contribution in [3.8, 4) is 5.88 Å². The first-order valence-electron chi connectivity index (χ1n) is 5.07. The van der Waals surface area contributed by atoms with Crippen LogP contribution in [0.4, 0.5) is 18.9 Å². The molecule has 19 heavy (non-hydrogen) atoms. The van der Waals surface area contributed by atoms with E-state index in [0.717, 1.165) is 13.2 Å². The molecule has 0 aromatic carbocycles. The van der Waals surface area contributed by atoms with Gasteiger partial charge in [-0.05, 0) is 5.56 Å². The van der Waals surface area contributed by atoms with Gasteiger partial charge in [0.25, 0.3) is 0 Å². The Balaban J connectivity index is 3.14. The number of aromatic nitrogens is 1. The third-order valence-electron chi connectivity index (χ3n) is 2.18. The van der Waals surface area contributed by atoms with Crippen molar-refractivity contribution in [2.45, 2.75) is 19.3 Å². The van der Waals surface area contributed by atoms with E-state index in [2.05, 4.69) is 14.5 Å².